The van der Waals surface area contributed by atoms with E-state index in [1.54, 1.807) is 0 Å². The Hall–Kier alpha value is -0.930. The van der Waals surface area contributed by atoms with Gasteiger partial charge in [0.25, 0.3) is 0 Å². The first-order chi connectivity index (χ1) is 4.58. The molecule has 0 spiro atoms. The zero-order valence-electron chi connectivity index (χ0n) is 6.55. The number of hydrogen-bond acceptors (Lipinski definition) is 3. The minimum absolute atomic E-state index is 0.240. The van der Waals surface area contributed by atoms with Gasteiger partial charge < -0.3 is 0 Å². The second-order valence-corrected chi connectivity index (χ2v) is 3.57. The monoisotopic (exact) mass is 140 g/mol. The summed E-state index contributed by atoms with van der Waals surface area (Å²) in [5.74, 6) is 0.785. The Morgan fingerprint density at radius 2 is 2.10 bits per heavy atom. The Kier molecular flexibility index (Phi) is 1.70. The van der Waals surface area contributed by atoms with Gasteiger partial charge in [-0.1, -0.05) is 26.0 Å². The zero-order valence-corrected chi connectivity index (χ0v) is 6.55. The van der Waals surface area contributed by atoms with Crippen molar-refractivity contribution in [3.63, 3.8) is 0 Å². The van der Waals surface area contributed by atoms with Gasteiger partial charge in [-0.15, -0.1) is 10.2 Å². The molecule has 0 aliphatic heterocycles. The molecule has 1 N–H and O–H groups in total. The highest BCUT2D eigenvalue weighted by molar-refractivity contribution is 4.82. The Labute approximate surface area is 60.0 Å². The lowest BCUT2D eigenvalue weighted by atomic mass is 9.92. The maximum atomic E-state index is 3.85. The highest BCUT2D eigenvalue weighted by Crippen LogP contribution is 2.16. The minimum Gasteiger partial charge on any atom is -0.177 e. The average Bonchev–Trinajstić information content (AvgIpc) is 2.12. The van der Waals surface area contributed by atoms with E-state index < -0.39 is 0 Å². The van der Waals surface area contributed by atoms with Crippen LogP contribution in [0.4, 0.5) is 0 Å². The first kappa shape index (κ1) is 7.18. The fourth-order valence-electron chi connectivity index (χ4n) is 0.732. The lowest BCUT2D eigenvalue weighted by Gasteiger charge is -2.14. The molecule has 0 unspecified atom stereocenters. The Morgan fingerprint density at radius 1 is 1.40 bits per heavy atom. The summed E-state index contributed by atoms with van der Waals surface area (Å²) in [5, 5.41) is 13.6. The van der Waals surface area contributed by atoms with Crippen LogP contribution >= 0.6 is 0 Å². The minimum atomic E-state index is 0.240. The van der Waals surface area contributed by atoms with Crippen LogP contribution in [0, 0.1) is 5.41 Å². The molecule has 0 bridgehead atoms. The second kappa shape index (κ2) is 2.36. The van der Waals surface area contributed by atoms with E-state index in [4.69, 9.17) is 0 Å². The van der Waals surface area contributed by atoms with E-state index in [0.717, 1.165) is 12.2 Å². The Bertz CT molecular complexity index is 184. The smallest absolute Gasteiger partial charge is 0.175 e. The van der Waals surface area contributed by atoms with Gasteiger partial charge in [-0.25, -0.2) is 0 Å². The van der Waals surface area contributed by atoms with Gasteiger partial charge in [0, 0.05) is 6.42 Å². The molecule has 4 heteroatoms. The number of nitrogens with zero attached hydrogens (tertiary/aromatic N) is 3. The summed E-state index contributed by atoms with van der Waals surface area (Å²) in [6.45, 7) is 6.43. The molecule has 0 radical (unpaired) electrons. The van der Waals surface area contributed by atoms with Gasteiger partial charge in [0.1, 0.15) is 0 Å². The van der Waals surface area contributed by atoms with Crippen molar-refractivity contribution in [2.24, 2.45) is 5.41 Å². The van der Waals surface area contributed by atoms with Crippen LogP contribution in [0.1, 0.15) is 26.6 Å². The van der Waals surface area contributed by atoms with Crippen LogP contribution < -0.4 is 0 Å². The number of aromatic nitrogens is 4. The molecule has 1 rings (SSSR count). The number of rotatable bonds is 1. The van der Waals surface area contributed by atoms with Gasteiger partial charge in [-0.2, -0.15) is 5.21 Å². The van der Waals surface area contributed by atoms with Gasteiger partial charge in [0.2, 0.25) is 0 Å². The van der Waals surface area contributed by atoms with E-state index in [1.165, 1.54) is 0 Å². The van der Waals surface area contributed by atoms with Crippen LogP contribution in [0.2, 0.25) is 0 Å². The maximum absolute atomic E-state index is 3.85. The molecule has 0 aliphatic rings. The summed E-state index contributed by atoms with van der Waals surface area (Å²) < 4.78 is 0. The highest BCUT2D eigenvalue weighted by atomic mass is 15.5. The molecule has 0 fully saturated rings. The number of tetrazole rings is 1. The van der Waals surface area contributed by atoms with E-state index in [2.05, 4.69) is 41.4 Å². The lowest BCUT2D eigenvalue weighted by molar-refractivity contribution is 0.401. The van der Waals surface area contributed by atoms with Gasteiger partial charge in [-0.05, 0) is 5.41 Å². The molecule has 0 aromatic carbocycles. The molecule has 10 heavy (non-hydrogen) atoms. The van der Waals surface area contributed by atoms with E-state index >= 15 is 0 Å². The molecule has 0 saturated carbocycles. The van der Waals surface area contributed by atoms with Crippen LogP contribution in [0.25, 0.3) is 0 Å². The number of aromatic amines is 1. The van der Waals surface area contributed by atoms with Gasteiger partial charge in [0.15, 0.2) is 5.82 Å². The van der Waals surface area contributed by atoms with Crippen molar-refractivity contribution in [2.45, 2.75) is 27.2 Å². The predicted molar refractivity (Wildman–Crippen MR) is 37.3 cm³/mol. The van der Waals surface area contributed by atoms with Gasteiger partial charge in [-0.3, -0.25) is 0 Å². The molecule has 4 nitrogen and oxygen atoms in total. The van der Waals surface area contributed by atoms with Crippen molar-refractivity contribution in [3.05, 3.63) is 5.82 Å². The lowest BCUT2D eigenvalue weighted by Crippen LogP contribution is -2.10. The van der Waals surface area contributed by atoms with Crippen LogP contribution in [0.5, 0.6) is 0 Å². The van der Waals surface area contributed by atoms with Gasteiger partial charge >= 0.3 is 0 Å². The average molecular weight is 140 g/mol. The van der Waals surface area contributed by atoms with E-state index in [-0.39, 0.29) is 5.41 Å². The summed E-state index contributed by atoms with van der Waals surface area (Å²) in [5.41, 5.74) is 0.240. The molecule has 0 atom stereocenters. The zero-order chi connectivity index (χ0) is 7.61. The standard InChI is InChI=1S/C6H12N4/c1-6(2,3)4-5-7-9-10-8-5/h4H2,1-3H3,(H,7,8,9,10). The van der Waals surface area contributed by atoms with E-state index in [1.807, 2.05) is 0 Å². The highest BCUT2D eigenvalue weighted by Gasteiger charge is 2.13. The summed E-state index contributed by atoms with van der Waals surface area (Å²) in [7, 11) is 0. The normalized spacial score (nSPS) is 11.9. The molecule has 0 aliphatic carbocycles. The number of hydrogen-bond donors (Lipinski definition) is 1. The third kappa shape index (κ3) is 2.13. The third-order valence-corrected chi connectivity index (χ3v) is 1.08. The summed E-state index contributed by atoms with van der Waals surface area (Å²) in [4.78, 5) is 0. The van der Waals surface area contributed by atoms with Crippen molar-refractivity contribution in [3.8, 4) is 0 Å². The SMILES string of the molecule is CC(C)(C)Cc1nn[nH]n1. The van der Waals surface area contributed by atoms with E-state index in [0.29, 0.717) is 0 Å². The quantitative estimate of drug-likeness (QED) is 0.627. The van der Waals surface area contributed by atoms with Crippen molar-refractivity contribution in [1.29, 1.82) is 0 Å². The molecule has 0 saturated heterocycles. The molecule has 1 aromatic heterocycles. The summed E-state index contributed by atoms with van der Waals surface area (Å²) >= 11 is 0. The van der Waals surface area contributed by atoms with Crippen molar-refractivity contribution >= 4 is 0 Å². The first-order valence-corrected chi connectivity index (χ1v) is 3.30. The maximum Gasteiger partial charge on any atom is 0.175 e. The van der Waals surface area contributed by atoms with Crippen molar-refractivity contribution in [2.75, 3.05) is 0 Å². The van der Waals surface area contributed by atoms with Crippen LogP contribution in [0.15, 0.2) is 0 Å². The number of H-pyrrole nitrogens is 1. The first-order valence-electron chi connectivity index (χ1n) is 3.30. The molecule has 1 heterocycles. The Morgan fingerprint density at radius 3 is 2.50 bits per heavy atom. The molecule has 56 valence electrons. The Balaban J connectivity index is 2.57. The van der Waals surface area contributed by atoms with Crippen molar-refractivity contribution in [1.82, 2.24) is 20.6 Å². The van der Waals surface area contributed by atoms with Crippen LogP contribution in [-0.4, -0.2) is 20.6 Å². The van der Waals surface area contributed by atoms with E-state index in [9.17, 15) is 0 Å². The molecular weight excluding hydrogens is 128 g/mol. The molecular formula is C6H12N4. The topological polar surface area (TPSA) is 54.5 Å². The summed E-state index contributed by atoms with van der Waals surface area (Å²) in [6.07, 6.45) is 0.865. The fraction of sp³-hybridized carbons (Fsp3) is 0.833. The van der Waals surface area contributed by atoms with Gasteiger partial charge in [0.05, 0.1) is 0 Å². The third-order valence-electron chi connectivity index (χ3n) is 1.08. The molecule has 1 aromatic rings. The van der Waals surface area contributed by atoms with Crippen LogP contribution in [-0.2, 0) is 6.42 Å². The summed E-state index contributed by atoms with van der Waals surface area (Å²) in [6, 6.07) is 0. The largest absolute Gasteiger partial charge is 0.177 e. The second-order valence-electron chi connectivity index (χ2n) is 3.57. The van der Waals surface area contributed by atoms with Crippen LogP contribution in [0.3, 0.4) is 0 Å². The van der Waals surface area contributed by atoms with Crippen molar-refractivity contribution < 1.29 is 0 Å². The molecule has 0 amide bonds. The predicted octanol–water partition coefficient (Wildman–Crippen LogP) is 0.788. The fourth-order valence-corrected chi connectivity index (χ4v) is 0.732. The number of nitrogens with one attached hydrogen (secondary N) is 1.